The quantitative estimate of drug-likeness (QED) is 0.898. The topological polar surface area (TPSA) is 48.5 Å². The number of nitrogens with zero attached hydrogens (tertiary/aromatic N) is 3. The van der Waals surface area contributed by atoms with Crippen LogP contribution in [0.25, 0.3) is 0 Å². The van der Waals surface area contributed by atoms with Crippen molar-refractivity contribution in [3.8, 4) is 0 Å². The van der Waals surface area contributed by atoms with Crippen molar-refractivity contribution in [3.63, 3.8) is 0 Å². The van der Waals surface area contributed by atoms with Gasteiger partial charge in [-0.3, -0.25) is 9.69 Å². The summed E-state index contributed by atoms with van der Waals surface area (Å²) in [6.07, 6.45) is 2.28. The van der Waals surface area contributed by atoms with E-state index in [0.29, 0.717) is 12.6 Å². The zero-order valence-corrected chi connectivity index (χ0v) is 14.2. The van der Waals surface area contributed by atoms with E-state index >= 15 is 0 Å². The van der Waals surface area contributed by atoms with Crippen molar-refractivity contribution in [2.45, 2.75) is 38.8 Å². The predicted molar refractivity (Wildman–Crippen MR) is 86.6 cm³/mol. The predicted octanol–water partition coefficient (Wildman–Crippen LogP) is 1.65. The summed E-state index contributed by atoms with van der Waals surface area (Å²) in [4.78, 5) is 21.1. The van der Waals surface area contributed by atoms with Crippen LogP contribution >= 0.6 is 11.3 Å². The van der Waals surface area contributed by atoms with Gasteiger partial charge >= 0.3 is 0 Å². The standard InChI is InChI=1S/C15H26N4OS/c1-11-10-21-15(16-11)12(2)17-14(20)9-19(4)13-5-7-18(3)8-6-13/h10,12-13H,5-9H2,1-4H3,(H,17,20)/t12-/m0/s1. The van der Waals surface area contributed by atoms with E-state index in [1.807, 2.05) is 26.3 Å². The van der Waals surface area contributed by atoms with Crippen LogP contribution in [0.4, 0.5) is 0 Å². The van der Waals surface area contributed by atoms with E-state index in [-0.39, 0.29) is 11.9 Å². The summed E-state index contributed by atoms with van der Waals surface area (Å²) in [5.41, 5.74) is 1.01. The normalized spacial score (nSPS) is 18.9. The van der Waals surface area contributed by atoms with Gasteiger partial charge in [0, 0.05) is 17.1 Å². The molecule has 1 aromatic heterocycles. The third kappa shape index (κ3) is 4.76. The number of nitrogens with one attached hydrogen (secondary N) is 1. The SMILES string of the molecule is Cc1csc([C@H](C)NC(=O)CN(C)C2CCN(C)CC2)n1. The molecule has 0 saturated carbocycles. The molecule has 5 nitrogen and oxygen atoms in total. The minimum absolute atomic E-state index is 0.0120. The molecule has 2 rings (SSSR count). The Labute approximate surface area is 131 Å². The summed E-state index contributed by atoms with van der Waals surface area (Å²) in [5, 5.41) is 6.04. The molecule has 0 unspecified atom stereocenters. The van der Waals surface area contributed by atoms with Gasteiger partial charge in [-0.25, -0.2) is 4.98 Å². The van der Waals surface area contributed by atoms with Crippen LogP contribution < -0.4 is 5.32 Å². The van der Waals surface area contributed by atoms with Crippen molar-refractivity contribution < 1.29 is 4.79 Å². The molecule has 1 saturated heterocycles. The number of amides is 1. The number of piperidine rings is 1. The summed E-state index contributed by atoms with van der Waals surface area (Å²) < 4.78 is 0. The van der Waals surface area contributed by atoms with Crippen LogP contribution in [0, 0.1) is 6.92 Å². The lowest BCUT2D eigenvalue weighted by molar-refractivity contribution is -0.123. The second-order valence-corrected chi connectivity index (χ2v) is 6.96. The molecule has 118 valence electrons. The molecule has 1 atom stereocenters. The number of aryl methyl sites for hydroxylation is 1. The summed E-state index contributed by atoms with van der Waals surface area (Å²) >= 11 is 1.60. The summed E-state index contributed by atoms with van der Waals surface area (Å²) in [5.74, 6) is 0.0804. The Hall–Kier alpha value is -0.980. The molecule has 21 heavy (non-hydrogen) atoms. The zero-order chi connectivity index (χ0) is 15.4. The van der Waals surface area contributed by atoms with Crippen molar-refractivity contribution in [1.29, 1.82) is 0 Å². The van der Waals surface area contributed by atoms with E-state index in [1.165, 1.54) is 0 Å². The van der Waals surface area contributed by atoms with Gasteiger partial charge in [0.05, 0.1) is 12.6 Å². The maximum Gasteiger partial charge on any atom is 0.234 e. The van der Waals surface area contributed by atoms with Crippen LogP contribution in [-0.2, 0) is 4.79 Å². The van der Waals surface area contributed by atoms with Crippen LogP contribution in [0.15, 0.2) is 5.38 Å². The number of carbonyl (C=O) groups is 1. The Morgan fingerprint density at radius 2 is 2.24 bits per heavy atom. The van der Waals surface area contributed by atoms with Gasteiger partial charge in [0.15, 0.2) is 0 Å². The van der Waals surface area contributed by atoms with Crippen molar-refractivity contribution in [2.75, 3.05) is 33.7 Å². The van der Waals surface area contributed by atoms with Crippen LogP contribution in [0.2, 0.25) is 0 Å². The van der Waals surface area contributed by atoms with Crippen molar-refractivity contribution in [2.24, 2.45) is 0 Å². The molecular formula is C15H26N4OS. The number of likely N-dealkylation sites (tertiary alicyclic amines) is 1. The van der Waals surface area contributed by atoms with Gasteiger partial charge in [0.25, 0.3) is 0 Å². The molecule has 0 spiro atoms. The molecule has 6 heteroatoms. The molecule has 1 aromatic rings. The van der Waals surface area contributed by atoms with Crippen LogP contribution in [0.5, 0.6) is 0 Å². The monoisotopic (exact) mass is 310 g/mol. The lowest BCUT2D eigenvalue weighted by Crippen LogP contribution is -2.46. The largest absolute Gasteiger partial charge is 0.346 e. The number of aromatic nitrogens is 1. The highest BCUT2D eigenvalue weighted by molar-refractivity contribution is 7.09. The van der Waals surface area contributed by atoms with E-state index in [0.717, 1.165) is 36.6 Å². The minimum atomic E-state index is -0.0120. The number of likely N-dealkylation sites (N-methyl/N-ethyl adjacent to an activating group) is 1. The Bertz CT molecular complexity index is 468. The van der Waals surface area contributed by atoms with E-state index in [9.17, 15) is 4.79 Å². The second kappa shape index (κ2) is 7.33. The van der Waals surface area contributed by atoms with E-state index in [1.54, 1.807) is 11.3 Å². The van der Waals surface area contributed by atoms with Crippen LogP contribution in [0.1, 0.15) is 36.5 Å². The van der Waals surface area contributed by atoms with Gasteiger partial charge in [-0.2, -0.15) is 0 Å². The average Bonchev–Trinajstić information content (AvgIpc) is 2.86. The summed E-state index contributed by atoms with van der Waals surface area (Å²) in [6.45, 7) is 6.66. The van der Waals surface area contributed by atoms with E-state index < -0.39 is 0 Å². The molecule has 0 aliphatic carbocycles. The van der Waals surface area contributed by atoms with E-state index in [2.05, 4.69) is 27.1 Å². The Morgan fingerprint density at radius 1 is 1.57 bits per heavy atom. The molecule has 2 heterocycles. The van der Waals surface area contributed by atoms with Gasteiger partial charge in [-0.1, -0.05) is 0 Å². The first kappa shape index (κ1) is 16.4. The van der Waals surface area contributed by atoms with Gasteiger partial charge in [0.1, 0.15) is 5.01 Å². The number of thiazole rings is 1. The molecule has 1 fully saturated rings. The highest BCUT2D eigenvalue weighted by Crippen LogP contribution is 2.18. The fraction of sp³-hybridized carbons (Fsp3) is 0.733. The maximum atomic E-state index is 12.2. The van der Waals surface area contributed by atoms with Gasteiger partial charge < -0.3 is 10.2 Å². The summed E-state index contributed by atoms with van der Waals surface area (Å²) in [6, 6.07) is 0.506. The first-order valence-corrected chi connectivity index (χ1v) is 8.44. The third-order valence-electron chi connectivity index (χ3n) is 4.09. The highest BCUT2D eigenvalue weighted by atomic mass is 32.1. The molecule has 1 N–H and O–H groups in total. The minimum Gasteiger partial charge on any atom is -0.346 e. The summed E-state index contributed by atoms with van der Waals surface area (Å²) in [7, 11) is 4.20. The average molecular weight is 310 g/mol. The number of hydrogen-bond acceptors (Lipinski definition) is 5. The van der Waals surface area contributed by atoms with Crippen LogP contribution in [0.3, 0.4) is 0 Å². The van der Waals surface area contributed by atoms with Gasteiger partial charge in [0.2, 0.25) is 5.91 Å². The van der Waals surface area contributed by atoms with Crippen molar-refractivity contribution >= 4 is 17.2 Å². The fourth-order valence-corrected chi connectivity index (χ4v) is 3.52. The number of hydrogen-bond donors (Lipinski definition) is 1. The number of carbonyl (C=O) groups excluding carboxylic acids is 1. The smallest absolute Gasteiger partial charge is 0.234 e. The van der Waals surface area contributed by atoms with Gasteiger partial charge in [-0.05, 0) is 53.9 Å². The highest BCUT2D eigenvalue weighted by Gasteiger charge is 2.22. The molecule has 1 aliphatic rings. The van der Waals surface area contributed by atoms with E-state index in [4.69, 9.17) is 0 Å². The third-order valence-corrected chi connectivity index (χ3v) is 5.23. The molecule has 0 aromatic carbocycles. The zero-order valence-electron chi connectivity index (χ0n) is 13.4. The Balaban J connectivity index is 1.78. The lowest BCUT2D eigenvalue weighted by Gasteiger charge is -2.34. The molecule has 1 amide bonds. The Morgan fingerprint density at radius 3 is 2.81 bits per heavy atom. The van der Waals surface area contributed by atoms with Crippen LogP contribution in [-0.4, -0.2) is 60.5 Å². The van der Waals surface area contributed by atoms with Crippen molar-refractivity contribution in [1.82, 2.24) is 20.1 Å². The maximum absolute atomic E-state index is 12.2. The first-order valence-electron chi connectivity index (χ1n) is 7.56. The fourth-order valence-electron chi connectivity index (χ4n) is 2.71. The molecule has 0 bridgehead atoms. The van der Waals surface area contributed by atoms with Gasteiger partial charge in [-0.15, -0.1) is 11.3 Å². The molecule has 0 radical (unpaired) electrons. The number of rotatable bonds is 5. The molecule has 1 aliphatic heterocycles. The molecular weight excluding hydrogens is 284 g/mol. The lowest BCUT2D eigenvalue weighted by atomic mass is 10.0. The van der Waals surface area contributed by atoms with Crippen molar-refractivity contribution in [3.05, 3.63) is 16.1 Å². The first-order chi connectivity index (χ1) is 9.95. The second-order valence-electron chi connectivity index (χ2n) is 6.07. The Kier molecular flexibility index (Phi) is 5.72.